The Morgan fingerprint density at radius 2 is 1.80 bits per heavy atom. The Bertz CT molecular complexity index is 1360. The number of carbonyl (C=O) groups excluding carboxylic acids is 1. The van der Waals surface area contributed by atoms with E-state index >= 15 is 0 Å². The number of sulfonamides is 1. The van der Waals surface area contributed by atoms with E-state index in [1.165, 1.54) is 67.9 Å². The first-order chi connectivity index (χ1) is 16.6. The van der Waals surface area contributed by atoms with Crippen molar-refractivity contribution in [1.29, 1.82) is 0 Å². The zero-order valence-electron chi connectivity index (χ0n) is 18.7. The van der Waals surface area contributed by atoms with Crippen LogP contribution in [0.4, 0.5) is 11.4 Å². The number of aryl methyl sites for hydroxylation is 1. The van der Waals surface area contributed by atoms with E-state index in [9.17, 15) is 23.3 Å². The second kappa shape index (κ2) is 11.0. The number of nitrogens with zero attached hydrogens (tertiary/aromatic N) is 3. The summed E-state index contributed by atoms with van der Waals surface area (Å²) < 4.78 is 32.5. The molecule has 0 radical (unpaired) electrons. The highest BCUT2D eigenvalue weighted by Gasteiger charge is 2.27. The summed E-state index contributed by atoms with van der Waals surface area (Å²) in [6, 6.07) is 16.4. The number of hydrogen-bond donors (Lipinski definition) is 1. The number of benzene rings is 3. The van der Waals surface area contributed by atoms with Gasteiger partial charge in [0.2, 0.25) is 0 Å². The van der Waals surface area contributed by atoms with Crippen molar-refractivity contribution in [2.45, 2.75) is 11.8 Å². The van der Waals surface area contributed by atoms with Gasteiger partial charge in [-0.15, -0.1) is 0 Å². The average Bonchev–Trinajstić information content (AvgIpc) is 2.83. The average molecular weight is 517 g/mol. The van der Waals surface area contributed by atoms with Gasteiger partial charge in [0.15, 0.2) is 5.75 Å². The van der Waals surface area contributed by atoms with Crippen LogP contribution in [0.25, 0.3) is 0 Å². The SMILES string of the molecule is COc1ccc(/C=N\NC(=O)CN(c2ccc(Cl)cc2)S(=O)(=O)c2ccc(C)cc2)cc1[N+](=O)[O-]. The molecule has 0 saturated heterocycles. The molecule has 0 aliphatic rings. The van der Waals surface area contributed by atoms with E-state index in [0.717, 1.165) is 9.87 Å². The monoisotopic (exact) mass is 516 g/mol. The number of amides is 1. The third-order valence-corrected chi connectivity index (χ3v) is 6.85. The third-order valence-electron chi connectivity index (χ3n) is 4.81. The molecular formula is C23H21ClN4O6S. The zero-order chi connectivity index (χ0) is 25.6. The van der Waals surface area contributed by atoms with Crippen LogP contribution in [0.2, 0.25) is 5.02 Å². The van der Waals surface area contributed by atoms with Gasteiger partial charge in [-0.1, -0.05) is 29.3 Å². The first-order valence-corrected chi connectivity index (χ1v) is 11.9. The summed E-state index contributed by atoms with van der Waals surface area (Å²) in [6.07, 6.45) is 1.20. The number of hydrogen-bond acceptors (Lipinski definition) is 7. The molecule has 0 aliphatic heterocycles. The van der Waals surface area contributed by atoms with Crippen LogP contribution < -0.4 is 14.5 Å². The normalized spacial score (nSPS) is 11.3. The minimum atomic E-state index is -4.09. The lowest BCUT2D eigenvalue weighted by Gasteiger charge is -2.23. The molecule has 0 spiro atoms. The zero-order valence-corrected chi connectivity index (χ0v) is 20.3. The van der Waals surface area contributed by atoms with Crippen LogP contribution in [0.1, 0.15) is 11.1 Å². The Balaban J connectivity index is 1.82. The highest BCUT2D eigenvalue weighted by Crippen LogP contribution is 2.27. The van der Waals surface area contributed by atoms with Crippen molar-refractivity contribution in [2.75, 3.05) is 18.0 Å². The maximum Gasteiger partial charge on any atom is 0.311 e. The maximum atomic E-state index is 13.3. The van der Waals surface area contributed by atoms with Crippen LogP contribution in [0.3, 0.4) is 0 Å². The minimum Gasteiger partial charge on any atom is -0.490 e. The first kappa shape index (κ1) is 25.7. The summed E-state index contributed by atoms with van der Waals surface area (Å²) in [5.74, 6) is -0.647. The highest BCUT2D eigenvalue weighted by molar-refractivity contribution is 7.92. The number of nitro benzene ring substituents is 1. The van der Waals surface area contributed by atoms with Gasteiger partial charge < -0.3 is 4.74 Å². The van der Waals surface area contributed by atoms with E-state index in [2.05, 4.69) is 10.5 Å². The summed E-state index contributed by atoms with van der Waals surface area (Å²) in [6.45, 7) is 1.26. The van der Waals surface area contributed by atoms with Crippen molar-refractivity contribution in [3.63, 3.8) is 0 Å². The van der Waals surface area contributed by atoms with Crippen molar-refractivity contribution in [3.8, 4) is 5.75 Å². The van der Waals surface area contributed by atoms with Crippen molar-refractivity contribution < 1.29 is 22.9 Å². The Kier molecular flexibility index (Phi) is 8.05. The van der Waals surface area contributed by atoms with Crippen LogP contribution >= 0.6 is 11.6 Å². The predicted molar refractivity (Wildman–Crippen MR) is 133 cm³/mol. The summed E-state index contributed by atoms with van der Waals surface area (Å²) in [7, 11) is -2.78. The number of ether oxygens (including phenoxy) is 1. The minimum absolute atomic E-state index is 0.0138. The van der Waals surface area contributed by atoms with E-state index in [-0.39, 0.29) is 22.0 Å². The predicted octanol–water partition coefficient (Wildman–Crippen LogP) is 3.91. The van der Waals surface area contributed by atoms with Crippen LogP contribution in [-0.2, 0) is 14.8 Å². The van der Waals surface area contributed by atoms with Gasteiger partial charge in [0.1, 0.15) is 6.54 Å². The Morgan fingerprint density at radius 3 is 2.40 bits per heavy atom. The number of methoxy groups -OCH3 is 1. The van der Waals surface area contributed by atoms with Crippen LogP contribution in [0.15, 0.2) is 76.7 Å². The van der Waals surface area contributed by atoms with Crippen molar-refractivity contribution >= 4 is 45.1 Å². The number of hydrazone groups is 1. The molecule has 1 N–H and O–H groups in total. The van der Waals surface area contributed by atoms with Crippen LogP contribution in [0.5, 0.6) is 5.75 Å². The number of carbonyl (C=O) groups is 1. The fraction of sp³-hybridized carbons (Fsp3) is 0.130. The molecule has 3 rings (SSSR count). The standard InChI is InChI=1S/C23H21ClN4O6S/c1-16-3-10-20(11-4-16)35(32,33)27(19-8-6-18(24)7-9-19)15-23(29)26-25-14-17-5-12-22(34-2)21(13-17)28(30)31/h3-14H,15H2,1-2H3,(H,26,29)/b25-14-. The number of rotatable bonds is 9. The summed E-state index contributed by atoms with van der Waals surface area (Å²) >= 11 is 5.93. The molecule has 12 heteroatoms. The van der Waals surface area contributed by atoms with Crippen LogP contribution in [-0.4, -0.2) is 39.1 Å². The van der Waals surface area contributed by atoms with Gasteiger partial charge in [0.25, 0.3) is 15.9 Å². The summed E-state index contributed by atoms with van der Waals surface area (Å²) in [5, 5.41) is 15.4. The van der Waals surface area contributed by atoms with Gasteiger partial charge in [-0.05, 0) is 55.5 Å². The molecule has 35 heavy (non-hydrogen) atoms. The quantitative estimate of drug-likeness (QED) is 0.260. The smallest absolute Gasteiger partial charge is 0.311 e. The van der Waals surface area contributed by atoms with E-state index in [4.69, 9.17) is 16.3 Å². The lowest BCUT2D eigenvalue weighted by molar-refractivity contribution is -0.385. The van der Waals surface area contributed by atoms with E-state index in [1.807, 2.05) is 6.92 Å². The van der Waals surface area contributed by atoms with E-state index in [1.54, 1.807) is 12.1 Å². The highest BCUT2D eigenvalue weighted by atomic mass is 35.5. The Hall–Kier alpha value is -3.96. The molecule has 0 aromatic heterocycles. The van der Waals surface area contributed by atoms with Gasteiger partial charge in [-0.25, -0.2) is 13.8 Å². The summed E-state index contributed by atoms with van der Waals surface area (Å²) in [4.78, 5) is 23.2. The fourth-order valence-corrected chi connectivity index (χ4v) is 4.58. The van der Waals surface area contributed by atoms with Gasteiger partial charge in [-0.2, -0.15) is 5.10 Å². The lowest BCUT2D eigenvalue weighted by atomic mass is 10.2. The molecule has 0 aliphatic carbocycles. The number of halogens is 1. The topological polar surface area (TPSA) is 131 Å². The molecule has 0 saturated carbocycles. The molecule has 3 aromatic rings. The fourth-order valence-electron chi connectivity index (χ4n) is 3.03. The molecule has 0 bridgehead atoms. The van der Waals surface area contributed by atoms with Crippen molar-refractivity contribution in [1.82, 2.24) is 5.43 Å². The third kappa shape index (κ3) is 6.34. The number of nitrogens with one attached hydrogen (secondary N) is 1. The van der Waals surface area contributed by atoms with E-state index in [0.29, 0.717) is 10.6 Å². The number of nitro groups is 1. The molecule has 0 heterocycles. The van der Waals surface area contributed by atoms with Gasteiger partial charge >= 0.3 is 5.69 Å². The molecule has 3 aromatic carbocycles. The van der Waals surface area contributed by atoms with E-state index < -0.39 is 27.4 Å². The molecule has 10 nitrogen and oxygen atoms in total. The van der Waals surface area contributed by atoms with Crippen molar-refractivity contribution in [3.05, 3.63) is 93.0 Å². The van der Waals surface area contributed by atoms with Crippen LogP contribution in [0, 0.1) is 17.0 Å². The van der Waals surface area contributed by atoms with Gasteiger partial charge in [0.05, 0.1) is 28.8 Å². The molecule has 1 amide bonds. The maximum absolute atomic E-state index is 13.3. The van der Waals surface area contributed by atoms with Gasteiger partial charge in [0, 0.05) is 16.7 Å². The Labute approximate surface area is 207 Å². The Morgan fingerprint density at radius 1 is 1.14 bits per heavy atom. The summed E-state index contributed by atoms with van der Waals surface area (Å²) in [5.41, 5.74) is 3.44. The van der Waals surface area contributed by atoms with Gasteiger partial charge in [-0.3, -0.25) is 19.2 Å². The second-order valence-electron chi connectivity index (χ2n) is 7.28. The largest absolute Gasteiger partial charge is 0.490 e. The second-order valence-corrected chi connectivity index (χ2v) is 9.58. The molecule has 0 atom stereocenters. The number of anilines is 1. The lowest BCUT2D eigenvalue weighted by Crippen LogP contribution is -2.39. The molecule has 0 unspecified atom stereocenters. The molecule has 182 valence electrons. The molecule has 0 fully saturated rings. The first-order valence-electron chi connectivity index (χ1n) is 10.1. The van der Waals surface area contributed by atoms with Crippen molar-refractivity contribution in [2.24, 2.45) is 5.10 Å². The molecular weight excluding hydrogens is 496 g/mol.